The maximum atomic E-state index is 13.2. The summed E-state index contributed by atoms with van der Waals surface area (Å²) in [5.41, 5.74) is 4.14. The molecule has 3 nitrogen and oxygen atoms in total. The van der Waals surface area contributed by atoms with Crippen LogP contribution in [0.15, 0.2) is 24.3 Å². The Morgan fingerprint density at radius 2 is 2.20 bits per heavy atom. The minimum atomic E-state index is -0.554. The maximum absolute atomic E-state index is 13.2. The van der Waals surface area contributed by atoms with Gasteiger partial charge in [-0.05, 0) is 18.6 Å². The lowest BCUT2D eigenvalue weighted by Crippen LogP contribution is -2.66. The van der Waals surface area contributed by atoms with Crippen LogP contribution in [0.3, 0.4) is 0 Å². The third kappa shape index (κ3) is 3.32. The number of ether oxygens (including phenoxy) is 1. The topological polar surface area (TPSA) is 53.9 Å². The molecule has 15 heavy (non-hydrogen) atoms. The van der Waals surface area contributed by atoms with E-state index in [-0.39, 0.29) is 18.2 Å². The van der Waals surface area contributed by atoms with Crippen LogP contribution in [-0.4, -0.2) is 18.6 Å². The number of benzene rings is 1. The molecule has 0 fully saturated rings. The van der Waals surface area contributed by atoms with Crippen molar-refractivity contribution in [3.05, 3.63) is 35.6 Å². The molecule has 1 atom stereocenters. The fourth-order valence-electron chi connectivity index (χ4n) is 1.27. The van der Waals surface area contributed by atoms with Crippen LogP contribution >= 0.6 is 0 Å². The number of carbonyl (C=O) groups is 1. The van der Waals surface area contributed by atoms with E-state index in [1.807, 2.05) is 0 Å². The average molecular weight is 212 g/mol. The van der Waals surface area contributed by atoms with Crippen LogP contribution in [0, 0.1) is 5.82 Å². The van der Waals surface area contributed by atoms with E-state index in [1.54, 1.807) is 25.1 Å². The number of halogens is 1. The standard InChI is InChI=1S/C11H14FNO2/c1-2-15-11(14)10(13)7-8-5-3-4-6-9(8)12/h3-6,10H,2,7,13H2,1H3/p+1/t10-/m0/s1. The van der Waals surface area contributed by atoms with Gasteiger partial charge in [-0.2, -0.15) is 0 Å². The average Bonchev–Trinajstić information content (AvgIpc) is 2.21. The zero-order chi connectivity index (χ0) is 11.3. The summed E-state index contributed by atoms with van der Waals surface area (Å²) in [5, 5.41) is 0. The van der Waals surface area contributed by atoms with Gasteiger partial charge in [-0.15, -0.1) is 0 Å². The lowest BCUT2D eigenvalue weighted by Gasteiger charge is -2.08. The Labute approximate surface area is 88.0 Å². The molecule has 0 aliphatic rings. The summed E-state index contributed by atoms with van der Waals surface area (Å²) in [4.78, 5) is 11.3. The van der Waals surface area contributed by atoms with Crippen LogP contribution in [0.4, 0.5) is 4.39 Å². The fraction of sp³-hybridized carbons (Fsp3) is 0.364. The highest BCUT2D eigenvalue weighted by molar-refractivity contribution is 5.74. The van der Waals surface area contributed by atoms with Gasteiger partial charge < -0.3 is 10.5 Å². The summed E-state index contributed by atoms with van der Waals surface area (Å²) in [6, 6.07) is 5.80. The van der Waals surface area contributed by atoms with Crippen molar-refractivity contribution in [2.45, 2.75) is 19.4 Å². The Morgan fingerprint density at radius 3 is 2.80 bits per heavy atom. The van der Waals surface area contributed by atoms with Gasteiger partial charge in [0.15, 0.2) is 6.04 Å². The third-order valence-corrected chi connectivity index (χ3v) is 2.04. The first kappa shape index (κ1) is 11.7. The van der Waals surface area contributed by atoms with E-state index in [4.69, 9.17) is 4.74 Å². The van der Waals surface area contributed by atoms with Crippen LogP contribution in [0.2, 0.25) is 0 Å². The second kappa shape index (κ2) is 5.46. The van der Waals surface area contributed by atoms with E-state index in [1.165, 1.54) is 6.07 Å². The van der Waals surface area contributed by atoms with Crippen molar-refractivity contribution in [1.82, 2.24) is 0 Å². The number of quaternary nitrogens is 1. The highest BCUT2D eigenvalue weighted by Crippen LogP contribution is 2.08. The van der Waals surface area contributed by atoms with Gasteiger partial charge >= 0.3 is 5.97 Å². The van der Waals surface area contributed by atoms with Gasteiger partial charge in [-0.3, -0.25) is 0 Å². The predicted octanol–water partition coefficient (Wildman–Crippen LogP) is 0.542. The quantitative estimate of drug-likeness (QED) is 0.741. The molecule has 0 aliphatic carbocycles. The molecule has 4 heteroatoms. The molecular formula is C11H15FNO2+. The van der Waals surface area contributed by atoms with Gasteiger partial charge in [0.05, 0.1) is 6.61 Å². The second-order valence-electron chi connectivity index (χ2n) is 3.24. The molecule has 1 rings (SSSR count). The second-order valence-corrected chi connectivity index (χ2v) is 3.24. The molecule has 0 radical (unpaired) electrons. The normalized spacial score (nSPS) is 12.2. The van der Waals surface area contributed by atoms with Crippen molar-refractivity contribution in [1.29, 1.82) is 0 Å². The minimum Gasteiger partial charge on any atom is -0.462 e. The molecular weight excluding hydrogens is 197 g/mol. The molecule has 1 aromatic rings. The van der Waals surface area contributed by atoms with E-state index < -0.39 is 6.04 Å². The van der Waals surface area contributed by atoms with Crippen molar-refractivity contribution >= 4 is 5.97 Å². The van der Waals surface area contributed by atoms with E-state index in [9.17, 15) is 9.18 Å². The SMILES string of the molecule is CCOC(=O)[C@@H]([NH3+])Cc1ccccc1F. The summed E-state index contributed by atoms with van der Waals surface area (Å²) in [6.45, 7) is 2.05. The van der Waals surface area contributed by atoms with Crippen molar-refractivity contribution in [2.75, 3.05) is 6.61 Å². The molecule has 0 heterocycles. The molecule has 0 bridgehead atoms. The van der Waals surface area contributed by atoms with Gasteiger partial charge in [-0.25, -0.2) is 9.18 Å². The van der Waals surface area contributed by atoms with Crippen molar-refractivity contribution in [3.63, 3.8) is 0 Å². The van der Waals surface area contributed by atoms with Crippen LogP contribution in [-0.2, 0) is 16.0 Å². The fourth-order valence-corrected chi connectivity index (χ4v) is 1.27. The van der Waals surface area contributed by atoms with E-state index in [0.717, 1.165) is 0 Å². The largest absolute Gasteiger partial charge is 0.462 e. The summed E-state index contributed by atoms with van der Waals surface area (Å²) in [5.74, 6) is -0.698. The molecule has 0 spiro atoms. The molecule has 0 saturated heterocycles. The number of hydrogen-bond donors (Lipinski definition) is 1. The minimum absolute atomic E-state index is 0.269. The van der Waals surface area contributed by atoms with Crippen LogP contribution in [0.25, 0.3) is 0 Å². The number of esters is 1. The summed E-state index contributed by atoms with van der Waals surface area (Å²) >= 11 is 0. The number of rotatable bonds is 4. The van der Waals surface area contributed by atoms with E-state index >= 15 is 0 Å². The lowest BCUT2D eigenvalue weighted by atomic mass is 10.1. The van der Waals surface area contributed by atoms with Crippen molar-refractivity contribution in [2.24, 2.45) is 0 Å². The van der Waals surface area contributed by atoms with Crippen LogP contribution in [0.1, 0.15) is 12.5 Å². The van der Waals surface area contributed by atoms with Gasteiger partial charge in [0, 0.05) is 6.42 Å². The van der Waals surface area contributed by atoms with E-state index in [2.05, 4.69) is 5.73 Å². The van der Waals surface area contributed by atoms with Crippen molar-refractivity contribution in [3.8, 4) is 0 Å². The van der Waals surface area contributed by atoms with Gasteiger partial charge in [-0.1, -0.05) is 18.2 Å². The monoisotopic (exact) mass is 212 g/mol. The van der Waals surface area contributed by atoms with Gasteiger partial charge in [0.25, 0.3) is 0 Å². The summed E-state index contributed by atoms with van der Waals surface area (Å²) in [6.07, 6.45) is 0.269. The smallest absolute Gasteiger partial charge is 0.365 e. The first-order valence-electron chi connectivity index (χ1n) is 4.88. The number of hydrogen-bond acceptors (Lipinski definition) is 2. The molecule has 0 amide bonds. The van der Waals surface area contributed by atoms with Crippen LogP contribution < -0.4 is 5.73 Å². The van der Waals surface area contributed by atoms with E-state index in [0.29, 0.717) is 12.2 Å². The summed E-state index contributed by atoms with van der Waals surface area (Å²) in [7, 11) is 0. The van der Waals surface area contributed by atoms with Gasteiger partial charge in [0.2, 0.25) is 0 Å². The Balaban J connectivity index is 2.62. The molecule has 82 valence electrons. The molecule has 0 unspecified atom stereocenters. The lowest BCUT2D eigenvalue weighted by molar-refractivity contribution is -0.407. The zero-order valence-corrected chi connectivity index (χ0v) is 8.70. The van der Waals surface area contributed by atoms with Crippen molar-refractivity contribution < 1.29 is 19.7 Å². The molecule has 3 N–H and O–H groups in total. The first-order chi connectivity index (χ1) is 7.15. The Hall–Kier alpha value is -1.42. The molecule has 0 aliphatic heterocycles. The molecule has 0 aromatic heterocycles. The zero-order valence-electron chi connectivity index (χ0n) is 8.70. The molecule has 1 aromatic carbocycles. The molecule has 0 saturated carbocycles. The Bertz CT molecular complexity index is 341. The Kier molecular flexibility index (Phi) is 4.24. The third-order valence-electron chi connectivity index (χ3n) is 2.04. The Morgan fingerprint density at radius 1 is 1.53 bits per heavy atom. The van der Waals surface area contributed by atoms with Crippen LogP contribution in [0.5, 0.6) is 0 Å². The number of carbonyl (C=O) groups excluding carboxylic acids is 1. The van der Waals surface area contributed by atoms with Gasteiger partial charge in [0.1, 0.15) is 5.82 Å². The predicted molar refractivity (Wildman–Crippen MR) is 53.4 cm³/mol. The highest BCUT2D eigenvalue weighted by Gasteiger charge is 2.20. The highest BCUT2D eigenvalue weighted by atomic mass is 19.1. The summed E-state index contributed by atoms with van der Waals surface area (Å²) < 4.78 is 18.0. The first-order valence-corrected chi connectivity index (χ1v) is 4.88. The maximum Gasteiger partial charge on any atom is 0.365 e.